The number of rotatable bonds is 0. The van der Waals surface area contributed by atoms with Crippen LogP contribution in [0, 0.1) is 34.5 Å². The van der Waals surface area contributed by atoms with Gasteiger partial charge in [0.15, 0.2) is 0 Å². The molecule has 0 radical (unpaired) electrons. The van der Waals surface area contributed by atoms with Gasteiger partial charge in [0.1, 0.15) is 5.78 Å². The summed E-state index contributed by atoms with van der Waals surface area (Å²) in [7, 11) is 0. The minimum absolute atomic E-state index is 0.210. The van der Waals surface area contributed by atoms with E-state index in [0.717, 1.165) is 25.2 Å². The Morgan fingerprint density at radius 1 is 1.10 bits per heavy atom. The van der Waals surface area contributed by atoms with E-state index >= 15 is 0 Å². The quantitative estimate of drug-likeness (QED) is 0.733. The molecule has 2 nitrogen and oxygen atoms in total. The monoisotopic (exact) mass is 290 g/mol. The number of carbonyl (C=O) groups excluding carboxylic acids is 1. The summed E-state index contributed by atoms with van der Waals surface area (Å²) in [6, 6.07) is 0. The molecule has 4 rings (SSSR count). The molecule has 0 aromatic carbocycles. The number of fused-ring (bicyclic) bond motifs is 5. The summed E-state index contributed by atoms with van der Waals surface area (Å²) in [6.07, 6.45) is 10.3. The number of hydrogen-bond acceptors (Lipinski definition) is 2. The predicted molar refractivity (Wildman–Crippen MR) is 82.7 cm³/mol. The maximum Gasteiger partial charge on any atom is 0.139 e. The fourth-order valence-electron chi connectivity index (χ4n) is 7.19. The average molecular weight is 290 g/mol. The second-order valence-electron chi connectivity index (χ2n) is 8.97. The van der Waals surface area contributed by atoms with Crippen LogP contribution in [0.25, 0.3) is 0 Å². The van der Waals surface area contributed by atoms with Crippen LogP contribution in [0.1, 0.15) is 71.6 Å². The lowest BCUT2D eigenvalue weighted by Crippen LogP contribution is -2.58. The van der Waals surface area contributed by atoms with Crippen molar-refractivity contribution in [1.82, 2.24) is 0 Å². The van der Waals surface area contributed by atoms with Crippen molar-refractivity contribution >= 4 is 5.78 Å². The van der Waals surface area contributed by atoms with E-state index in [1.807, 2.05) is 0 Å². The van der Waals surface area contributed by atoms with Gasteiger partial charge in [-0.2, -0.15) is 0 Å². The highest BCUT2D eigenvalue weighted by atomic mass is 16.3. The van der Waals surface area contributed by atoms with Gasteiger partial charge in [-0.05, 0) is 67.6 Å². The van der Waals surface area contributed by atoms with Gasteiger partial charge >= 0.3 is 0 Å². The standard InChI is InChI=1S/C19H30O2/c1-18-10-4-3-5-12(18)6-7-13-14-8-9-16(21)19(14,2)11-15(20)17(13)18/h12-15,17,20H,3-11H2,1-2H3/t12-,13+,14+,15-,17+,18+,19+/m0/s1. The maximum absolute atomic E-state index is 12.4. The summed E-state index contributed by atoms with van der Waals surface area (Å²) < 4.78 is 0. The predicted octanol–water partition coefficient (Wildman–Crippen LogP) is 3.96. The zero-order chi connectivity index (χ0) is 14.8. The van der Waals surface area contributed by atoms with Gasteiger partial charge < -0.3 is 5.11 Å². The van der Waals surface area contributed by atoms with Crippen molar-refractivity contribution < 1.29 is 9.90 Å². The molecule has 0 aromatic rings. The van der Waals surface area contributed by atoms with Gasteiger partial charge in [0, 0.05) is 11.8 Å². The van der Waals surface area contributed by atoms with Crippen molar-refractivity contribution in [2.45, 2.75) is 77.7 Å². The molecular formula is C19H30O2. The van der Waals surface area contributed by atoms with Gasteiger partial charge in [-0.3, -0.25) is 4.79 Å². The number of aliphatic hydroxyl groups excluding tert-OH is 1. The van der Waals surface area contributed by atoms with Gasteiger partial charge in [0.05, 0.1) is 6.10 Å². The Balaban J connectivity index is 1.71. The summed E-state index contributed by atoms with van der Waals surface area (Å²) in [5.74, 6) is 2.87. The first-order chi connectivity index (χ1) is 9.97. The summed E-state index contributed by atoms with van der Waals surface area (Å²) in [5, 5.41) is 11.0. The molecule has 1 N–H and O–H groups in total. The normalized spacial score (nSPS) is 56.5. The van der Waals surface area contributed by atoms with E-state index in [2.05, 4.69) is 13.8 Å². The lowest BCUT2D eigenvalue weighted by Gasteiger charge is -2.61. The second-order valence-corrected chi connectivity index (χ2v) is 8.97. The molecule has 7 atom stereocenters. The van der Waals surface area contributed by atoms with Crippen LogP contribution < -0.4 is 0 Å². The van der Waals surface area contributed by atoms with Crippen molar-refractivity contribution in [3.8, 4) is 0 Å². The number of ketones is 1. The molecule has 0 aliphatic heterocycles. The highest BCUT2D eigenvalue weighted by Gasteiger charge is 2.62. The summed E-state index contributed by atoms with van der Waals surface area (Å²) in [6.45, 7) is 4.62. The minimum Gasteiger partial charge on any atom is -0.393 e. The van der Waals surface area contributed by atoms with Crippen LogP contribution in [0.3, 0.4) is 0 Å². The topological polar surface area (TPSA) is 37.3 Å². The third-order valence-corrected chi connectivity index (χ3v) is 8.22. The number of carbonyl (C=O) groups is 1. The number of aliphatic hydroxyl groups is 1. The maximum atomic E-state index is 12.4. The van der Waals surface area contributed by atoms with Crippen molar-refractivity contribution in [2.24, 2.45) is 34.5 Å². The van der Waals surface area contributed by atoms with Crippen LogP contribution in [0.2, 0.25) is 0 Å². The molecule has 0 aromatic heterocycles. The van der Waals surface area contributed by atoms with E-state index in [0.29, 0.717) is 29.0 Å². The van der Waals surface area contributed by atoms with E-state index in [4.69, 9.17) is 0 Å². The molecule has 4 saturated carbocycles. The summed E-state index contributed by atoms with van der Waals surface area (Å²) >= 11 is 0. The third-order valence-electron chi connectivity index (χ3n) is 8.22. The molecular weight excluding hydrogens is 260 g/mol. The highest BCUT2D eigenvalue weighted by Crippen LogP contribution is 2.65. The van der Waals surface area contributed by atoms with Crippen molar-refractivity contribution in [2.75, 3.05) is 0 Å². The fourth-order valence-corrected chi connectivity index (χ4v) is 7.19. The van der Waals surface area contributed by atoms with E-state index < -0.39 is 0 Å². The van der Waals surface area contributed by atoms with Gasteiger partial charge in [-0.25, -0.2) is 0 Å². The molecule has 4 fully saturated rings. The van der Waals surface area contributed by atoms with E-state index in [-0.39, 0.29) is 11.5 Å². The Kier molecular flexibility index (Phi) is 3.10. The molecule has 4 aliphatic rings. The molecule has 0 heterocycles. The van der Waals surface area contributed by atoms with Crippen LogP contribution in [0.15, 0.2) is 0 Å². The number of Topliss-reactive ketones (excluding diaryl/α,β-unsaturated/α-hetero) is 1. The first-order valence-corrected chi connectivity index (χ1v) is 9.18. The molecule has 0 saturated heterocycles. The fraction of sp³-hybridized carbons (Fsp3) is 0.947. The molecule has 0 amide bonds. The lowest BCUT2D eigenvalue weighted by atomic mass is 9.44. The lowest BCUT2D eigenvalue weighted by molar-refractivity contribution is -0.168. The van der Waals surface area contributed by atoms with Crippen molar-refractivity contribution in [3.63, 3.8) is 0 Å². The highest BCUT2D eigenvalue weighted by molar-refractivity contribution is 5.87. The van der Waals surface area contributed by atoms with Crippen molar-refractivity contribution in [1.29, 1.82) is 0 Å². The van der Waals surface area contributed by atoms with Crippen LogP contribution in [-0.4, -0.2) is 17.0 Å². The average Bonchev–Trinajstić information content (AvgIpc) is 2.73. The summed E-state index contributed by atoms with van der Waals surface area (Å²) in [5.41, 5.74) is 0.131. The van der Waals surface area contributed by atoms with Crippen LogP contribution in [-0.2, 0) is 4.79 Å². The van der Waals surface area contributed by atoms with Crippen molar-refractivity contribution in [3.05, 3.63) is 0 Å². The SMILES string of the molecule is C[C@@]12CCCC[C@H]1CC[C@H]1[C@@H]2[C@@H](O)C[C@@]2(C)C(=O)CC[C@H]12. The molecule has 0 spiro atoms. The molecule has 2 heteroatoms. The Morgan fingerprint density at radius 3 is 2.71 bits per heavy atom. The van der Waals surface area contributed by atoms with Crippen LogP contribution >= 0.6 is 0 Å². The van der Waals surface area contributed by atoms with Crippen LogP contribution in [0.4, 0.5) is 0 Å². The second kappa shape index (κ2) is 4.57. The molecule has 0 unspecified atom stereocenters. The summed E-state index contributed by atoms with van der Waals surface area (Å²) in [4.78, 5) is 12.4. The van der Waals surface area contributed by atoms with E-state index in [1.54, 1.807) is 0 Å². The first kappa shape index (κ1) is 14.2. The zero-order valence-corrected chi connectivity index (χ0v) is 13.6. The van der Waals surface area contributed by atoms with Gasteiger partial charge in [-0.15, -0.1) is 0 Å². The molecule has 118 valence electrons. The van der Waals surface area contributed by atoms with E-state index in [1.165, 1.54) is 38.5 Å². The Hall–Kier alpha value is -0.370. The van der Waals surface area contributed by atoms with Crippen LogP contribution in [0.5, 0.6) is 0 Å². The molecule has 21 heavy (non-hydrogen) atoms. The van der Waals surface area contributed by atoms with Gasteiger partial charge in [0.25, 0.3) is 0 Å². The Labute approximate surface area is 128 Å². The zero-order valence-electron chi connectivity index (χ0n) is 13.6. The largest absolute Gasteiger partial charge is 0.393 e. The first-order valence-electron chi connectivity index (χ1n) is 9.18. The Morgan fingerprint density at radius 2 is 1.90 bits per heavy atom. The minimum atomic E-state index is -0.246. The smallest absolute Gasteiger partial charge is 0.139 e. The van der Waals surface area contributed by atoms with E-state index in [9.17, 15) is 9.90 Å². The number of hydrogen-bond donors (Lipinski definition) is 1. The molecule has 0 bridgehead atoms. The van der Waals surface area contributed by atoms with Gasteiger partial charge in [0.2, 0.25) is 0 Å². The van der Waals surface area contributed by atoms with Gasteiger partial charge in [-0.1, -0.05) is 26.7 Å². The Bertz CT molecular complexity index is 458. The third kappa shape index (κ3) is 1.77. The molecule has 4 aliphatic carbocycles.